The van der Waals surface area contributed by atoms with Crippen LogP contribution in [0.1, 0.15) is 6.42 Å². The fraction of sp³-hybridized carbons (Fsp3) is 0.727. The molecule has 76 valence electrons. The number of rotatable bonds is 2. The van der Waals surface area contributed by atoms with E-state index in [1.165, 1.54) is 6.42 Å². The van der Waals surface area contributed by atoms with Gasteiger partial charge < -0.3 is 5.11 Å². The van der Waals surface area contributed by atoms with Gasteiger partial charge in [0.1, 0.15) is 0 Å². The molecular weight excluding hydrogens is 178 g/mol. The molecule has 0 aromatic heterocycles. The summed E-state index contributed by atoms with van der Waals surface area (Å²) in [5.74, 6) is 2.33. The zero-order valence-corrected chi connectivity index (χ0v) is 8.10. The number of hydrogen-bond donors (Lipinski definition) is 1. The number of allylic oxidation sites excluding steroid dienone is 2. The van der Waals surface area contributed by atoms with Crippen LogP contribution in [-0.2, 0) is 4.79 Å². The Hall–Kier alpha value is -0.830. The van der Waals surface area contributed by atoms with Gasteiger partial charge in [-0.05, 0) is 30.1 Å². The van der Waals surface area contributed by atoms with E-state index in [0.29, 0.717) is 0 Å². The number of carboxylic acids is 1. The van der Waals surface area contributed by atoms with Gasteiger partial charge in [-0.25, -0.2) is 0 Å². The summed E-state index contributed by atoms with van der Waals surface area (Å²) in [7, 11) is 0. The van der Waals surface area contributed by atoms with Crippen molar-refractivity contribution in [3.8, 4) is 0 Å². The first-order chi connectivity index (χ1) is 6.74. The van der Waals surface area contributed by atoms with Crippen molar-refractivity contribution in [2.75, 3.05) is 19.6 Å². The highest BCUT2D eigenvalue weighted by atomic mass is 16.4. The molecule has 0 aromatic rings. The Morgan fingerprint density at radius 1 is 1.29 bits per heavy atom. The van der Waals surface area contributed by atoms with Crippen LogP contribution in [0.5, 0.6) is 0 Å². The van der Waals surface area contributed by atoms with E-state index in [0.717, 1.165) is 36.8 Å². The van der Waals surface area contributed by atoms with E-state index in [1.54, 1.807) is 0 Å². The summed E-state index contributed by atoms with van der Waals surface area (Å²) in [4.78, 5) is 12.7. The van der Waals surface area contributed by atoms with E-state index in [4.69, 9.17) is 5.11 Å². The van der Waals surface area contributed by atoms with Crippen molar-refractivity contribution < 1.29 is 9.90 Å². The molecule has 0 amide bonds. The Balaban J connectivity index is 1.70. The van der Waals surface area contributed by atoms with Crippen LogP contribution in [0.4, 0.5) is 0 Å². The Bertz CT molecular complexity index is 280. The minimum atomic E-state index is -0.690. The standard InChI is InChI=1S/C11H15NO2/c13-11(14)6-12-4-9-7-1-2-8(3-7)10(9)5-12/h1-2,7-10H,3-6H2,(H,13,14). The van der Waals surface area contributed by atoms with Crippen molar-refractivity contribution in [2.45, 2.75) is 6.42 Å². The number of aliphatic carboxylic acids is 1. The molecule has 14 heavy (non-hydrogen) atoms. The van der Waals surface area contributed by atoms with Crippen molar-refractivity contribution in [2.24, 2.45) is 23.7 Å². The molecule has 4 unspecified atom stereocenters. The van der Waals surface area contributed by atoms with Crippen molar-refractivity contribution >= 4 is 5.97 Å². The monoisotopic (exact) mass is 193 g/mol. The lowest BCUT2D eigenvalue weighted by Crippen LogP contribution is -2.29. The number of hydrogen-bond acceptors (Lipinski definition) is 2. The summed E-state index contributed by atoms with van der Waals surface area (Å²) in [6.45, 7) is 2.23. The maximum absolute atomic E-state index is 10.6. The molecule has 3 aliphatic rings. The lowest BCUT2D eigenvalue weighted by Gasteiger charge is -2.17. The van der Waals surface area contributed by atoms with Crippen LogP contribution in [0.3, 0.4) is 0 Å². The minimum absolute atomic E-state index is 0.229. The van der Waals surface area contributed by atoms with Gasteiger partial charge in [0.25, 0.3) is 0 Å². The van der Waals surface area contributed by atoms with E-state index in [-0.39, 0.29) is 6.54 Å². The lowest BCUT2D eigenvalue weighted by molar-refractivity contribution is -0.138. The van der Waals surface area contributed by atoms with Gasteiger partial charge in [-0.3, -0.25) is 9.69 Å². The smallest absolute Gasteiger partial charge is 0.317 e. The Kier molecular flexibility index (Phi) is 1.71. The first-order valence-corrected chi connectivity index (χ1v) is 5.36. The maximum atomic E-state index is 10.6. The molecule has 4 atom stereocenters. The van der Waals surface area contributed by atoms with Gasteiger partial charge in [-0.15, -0.1) is 0 Å². The zero-order chi connectivity index (χ0) is 9.71. The van der Waals surface area contributed by atoms with E-state index in [1.807, 2.05) is 0 Å². The van der Waals surface area contributed by atoms with Gasteiger partial charge in [0.2, 0.25) is 0 Å². The molecular formula is C11H15NO2. The predicted octanol–water partition coefficient (Wildman–Crippen LogP) is 0.825. The molecule has 1 saturated heterocycles. The van der Waals surface area contributed by atoms with Gasteiger partial charge in [0.15, 0.2) is 0 Å². The average Bonchev–Trinajstić information content (AvgIpc) is 2.69. The number of carboxylic acid groups (broad SMARTS) is 1. The molecule has 0 spiro atoms. The Labute approximate surface area is 83.4 Å². The summed E-state index contributed by atoms with van der Waals surface area (Å²) < 4.78 is 0. The van der Waals surface area contributed by atoms with Gasteiger partial charge in [-0.1, -0.05) is 12.2 Å². The first-order valence-electron chi connectivity index (χ1n) is 5.36. The normalized spacial score (nSPS) is 44.6. The second-order valence-electron chi connectivity index (χ2n) is 4.86. The van der Waals surface area contributed by atoms with Crippen LogP contribution >= 0.6 is 0 Å². The summed E-state index contributed by atoms with van der Waals surface area (Å²) in [5, 5.41) is 8.73. The highest BCUT2D eigenvalue weighted by Gasteiger charge is 2.49. The average molecular weight is 193 g/mol. The summed E-state index contributed by atoms with van der Waals surface area (Å²) in [5.41, 5.74) is 0. The van der Waals surface area contributed by atoms with Crippen LogP contribution in [0.15, 0.2) is 12.2 Å². The van der Waals surface area contributed by atoms with Gasteiger partial charge in [0.05, 0.1) is 6.54 Å². The van der Waals surface area contributed by atoms with Crippen molar-refractivity contribution in [1.82, 2.24) is 4.90 Å². The molecule has 1 aliphatic heterocycles. The van der Waals surface area contributed by atoms with E-state index >= 15 is 0 Å². The van der Waals surface area contributed by atoms with Crippen LogP contribution in [0, 0.1) is 23.7 Å². The summed E-state index contributed by atoms with van der Waals surface area (Å²) in [6, 6.07) is 0. The summed E-state index contributed by atoms with van der Waals surface area (Å²) in [6.07, 6.45) is 6.02. The quantitative estimate of drug-likeness (QED) is 0.660. The third-order valence-electron chi connectivity index (χ3n) is 4.10. The molecule has 0 aromatic carbocycles. The van der Waals surface area contributed by atoms with Gasteiger partial charge in [-0.2, -0.15) is 0 Å². The Morgan fingerprint density at radius 3 is 2.36 bits per heavy atom. The summed E-state index contributed by atoms with van der Waals surface area (Å²) >= 11 is 0. The molecule has 3 rings (SSSR count). The molecule has 0 radical (unpaired) electrons. The SMILES string of the molecule is O=C(O)CN1CC2C3C=CC(C3)C2C1. The van der Waals surface area contributed by atoms with E-state index in [9.17, 15) is 4.79 Å². The third kappa shape index (κ3) is 1.12. The molecule has 3 heteroatoms. The van der Waals surface area contributed by atoms with Crippen LogP contribution in [0.25, 0.3) is 0 Å². The van der Waals surface area contributed by atoms with Crippen molar-refractivity contribution in [1.29, 1.82) is 0 Å². The van der Waals surface area contributed by atoms with Crippen molar-refractivity contribution in [3.63, 3.8) is 0 Å². The topological polar surface area (TPSA) is 40.5 Å². The lowest BCUT2D eigenvalue weighted by atomic mass is 9.86. The number of fused-ring (bicyclic) bond motifs is 5. The molecule has 1 saturated carbocycles. The highest BCUT2D eigenvalue weighted by Crippen LogP contribution is 2.51. The molecule has 2 aliphatic carbocycles. The second-order valence-corrected chi connectivity index (χ2v) is 4.86. The minimum Gasteiger partial charge on any atom is -0.480 e. The van der Waals surface area contributed by atoms with E-state index < -0.39 is 5.97 Å². The number of carbonyl (C=O) groups is 1. The maximum Gasteiger partial charge on any atom is 0.317 e. The highest BCUT2D eigenvalue weighted by molar-refractivity contribution is 5.69. The zero-order valence-electron chi connectivity index (χ0n) is 8.10. The first kappa shape index (κ1) is 8.48. The third-order valence-corrected chi connectivity index (χ3v) is 4.10. The fourth-order valence-corrected chi connectivity index (χ4v) is 3.56. The van der Waals surface area contributed by atoms with Crippen LogP contribution in [0.2, 0.25) is 0 Å². The Morgan fingerprint density at radius 2 is 1.86 bits per heavy atom. The largest absolute Gasteiger partial charge is 0.480 e. The molecule has 3 nitrogen and oxygen atoms in total. The number of likely N-dealkylation sites (tertiary alicyclic amines) is 1. The van der Waals surface area contributed by atoms with Crippen LogP contribution < -0.4 is 0 Å². The molecule has 2 bridgehead atoms. The van der Waals surface area contributed by atoms with Gasteiger partial charge in [0, 0.05) is 13.1 Å². The van der Waals surface area contributed by atoms with Gasteiger partial charge >= 0.3 is 5.97 Å². The molecule has 2 fully saturated rings. The molecule has 1 heterocycles. The van der Waals surface area contributed by atoms with Crippen LogP contribution in [-0.4, -0.2) is 35.6 Å². The fourth-order valence-electron chi connectivity index (χ4n) is 3.56. The second kappa shape index (κ2) is 2.83. The van der Waals surface area contributed by atoms with E-state index in [2.05, 4.69) is 17.1 Å². The molecule has 1 N–H and O–H groups in total. The number of nitrogens with zero attached hydrogens (tertiary/aromatic N) is 1. The van der Waals surface area contributed by atoms with Crippen molar-refractivity contribution in [3.05, 3.63) is 12.2 Å². The predicted molar refractivity (Wildman–Crippen MR) is 51.8 cm³/mol.